The smallest absolute Gasteiger partial charge is 0.227 e. The number of halogens is 2. The highest BCUT2D eigenvalue weighted by atomic mass is 79.9. The first-order valence-electron chi connectivity index (χ1n) is 6.99. The Morgan fingerprint density at radius 3 is 2.85 bits per heavy atom. The lowest BCUT2D eigenvalue weighted by Crippen LogP contribution is -2.36. The Morgan fingerprint density at radius 2 is 2.10 bits per heavy atom. The van der Waals surface area contributed by atoms with Crippen molar-refractivity contribution in [2.45, 2.75) is 12.8 Å². The lowest BCUT2D eigenvalue weighted by atomic mass is 10.1. The lowest BCUT2D eigenvalue weighted by molar-refractivity contribution is -0.130. The summed E-state index contributed by atoms with van der Waals surface area (Å²) in [5.74, 6) is 0.202. The van der Waals surface area contributed by atoms with Gasteiger partial charge in [0.25, 0.3) is 0 Å². The van der Waals surface area contributed by atoms with Crippen LogP contribution in [0.2, 0.25) is 5.02 Å². The summed E-state index contributed by atoms with van der Waals surface area (Å²) in [5.41, 5.74) is 0.990. The summed E-state index contributed by atoms with van der Waals surface area (Å²) in [6, 6.07) is 7.55. The van der Waals surface area contributed by atoms with E-state index in [0.717, 1.165) is 50.0 Å². The number of alkyl halides is 1. The van der Waals surface area contributed by atoms with Gasteiger partial charge >= 0.3 is 0 Å². The molecule has 1 aromatic rings. The molecule has 0 aliphatic carbocycles. The summed E-state index contributed by atoms with van der Waals surface area (Å²) in [6.45, 7) is 4.78. The molecule has 1 fully saturated rings. The number of rotatable bonds is 4. The van der Waals surface area contributed by atoms with E-state index >= 15 is 0 Å². The molecule has 0 unspecified atom stereocenters. The van der Waals surface area contributed by atoms with Gasteiger partial charge in [-0.05, 0) is 30.7 Å². The molecule has 0 N–H and O–H groups in total. The van der Waals surface area contributed by atoms with E-state index in [1.807, 2.05) is 29.2 Å². The summed E-state index contributed by atoms with van der Waals surface area (Å²) >= 11 is 9.43. The van der Waals surface area contributed by atoms with Crippen LogP contribution in [0.15, 0.2) is 24.3 Å². The third kappa shape index (κ3) is 4.76. The Labute approximate surface area is 134 Å². The molecule has 0 radical (unpaired) electrons. The Hall–Kier alpha value is -0.580. The molecule has 1 aromatic carbocycles. The highest BCUT2D eigenvalue weighted by Gasteiger charge is 2.18. The quantitative estimate of drug-likeness (QED) is 0.772. The zero-order valence-corrected chi connectivity index (χ0v) is 13.9. The van der Waals surface area contributed by atoms with Gasteiger partial charge in [-0.2, -0.15) is 0 Å². The van der Waals surface area contributed by atoms with Crippen molar-refractivity contribution < 1.29 is 4.79 Å². The fourth-order valence-corrected chi connectivity index (χ4v) is 3.21. The number of carbonyl (C=O) groups excluding carboxylic acids is 1. The zero-order chi connectivity index (χ0) is 14.4. The average Bonchev–Trinajstić information content (AvgIpc) is 2.65. The minimum atomic E-state index is 0.202. The highest BCUT2D eigenvalue weighted by molar-refractivity contribution is 9.09. The first-order valence-corrected chi connectivity index (χ1v) is 8.49. The molecule has 5 heteroatoms. The minimum Gasteiger partial charge on any atom is -0.341 e. The average molecular weight is 360 g/mol. The summed E-state index contributed by atoms with van der Waals surface area (Å²) < 4.78 is 0. The van der Waals surface area contributed by atoms with Crippen LogP contribution in [0.25, 0.3) is 0 Å². The van der Waals surface area contributed by atoms with Gasteiger partial charge in [0, 0.05) is 36.5 Å². The molecule has 0 bridgehead atoms. The molecule has 110 valence electrons. The number of benzene rings is 1. The molecule has 1 aliphatic heterocycles. The van der Waals surface area contributed by atoms with Crippen molar-refractivity contribution in [1.29, 1.82) is 0 Å². The summed E-state index contributed by atoms with van der Waals surface area (Å²) in [6.07, 6.45) is 1.49. The van der Waals surface area contributed by atoms with Gasteiger partial charge in [-0.3, -0.25) is 4.79 Å². The molecule has 1 heterocycles. The van der Waals surface area contributed by atoms with Crippen LogP contribution in [-0.4, -0.2) is 53.8 Å². The highest BCUT2D eigenvalue weighted by Crippen LogP contribution is 2.13. The summed E-state index contributed by atoms with van der Waals surface area (Å²) in [7, 11) is 0. The molecule has 1 saturated heterocycles. The molecule has 1 aliphatic rings. The van der Waals surface area contributed by atoms with E-state index in [2.05, 4.69) is 20.8 Å². The first-order chi connectivity index (χ1) is 9.69. The van der Waals surface area contributed by atoms with Crippen LogP contribution in [-0.2, 0) is 11.2 Å². The van der Waals surface area contributed by atoms with Crippen molar-refractivity contribution in [3.63, 3.8) is 0 Å². The molecule has 20 heavy (non-hydrogen) atoms. The first kappa shape index (κ1) is 15.8. The Kier molecular flexibility index (Phi) is 6.33. The Bertz CT molecular complexity index is 455. The van der Waals surface area contributed by atoms with E-state index in [0.29, 0.717) is 11.4 Å². The van der Waals surface area contributed by atoms with Crippen molar-refractivity contribution in [3.05, 3.63) is 34.9 Å². The lowest BCUT2D eigenvalue weighted by Gasteiger charge is -2.21. The molecule has 0 aromatic heterocycles. The van der Waals surface area contributed by atoms with Crippen LogP contribution in [0.5, 0.6) is 0 Å². The van der Waals surface area contributed by atoms with Gasteiger partial charge in [-0.25, -0.2) is 0 Å². The molecule has 0 spiro atoms. The molecular weight excluding hydrogens is 340 g/mol. The van der Waals surface area contributed by atoms with E-state index in [1.165, 1.54) is 0 Å². The summed E-state index contributed by atoms with van der Waals surface area (Å²) in [5, 5.41) is 1.68. The molecule has 3 nitrogen and oxygen atoms in total. The molecule has 2 rings (SSSR count). The standard InChI is InChI=1S/C15H20BrClN2O/c16-5-8-18-6-2-7-19(10-9-18)15(20)12-13-3-1-4-14(17)11-13/h1,3-4,11H,2,5-10,12H2. The fraction of sp³-hybridized carbons (Fsp3) is 0.533. The second kappa shape index (κ2) is 8.01. The maximum absolute atomic E-state index is 12.4. The maximum atomic E-state index is 12.4. The van der Waals surface area contributed by atoms with Gasteiger partial charge in [-0.15, -0.1) is 0 Å². The maximum Gasteiger partial charge on any atom is 0.227 e. The normalized spacial score (nSPS) is 17.0. The zero-order valence-electron chi connectivity index (χ0n) is 11.5. The predicted octanol–water partition coefficient (Wildman–Crippen LogP) is 2.81. The van der Waals surface area contributed by atoms with Crippen molar-refractivity contribution in [2.24, 2.45) is 0 Å². The second-order valence-electron chi connectivity index (χ2n) is 5.07. The SMILES string of the molecule is O=C(Cc1cccc(Cl)c1)N1CCCN(CCBr)CC1. The van der Waals surface area contributed by atoms with Gasteiger partial charge in [0.15, 0.2) is 0 Å². The Morgan fingerprint density at radius 1 is 1.25 bits per heavy atom. The second-order valence-corrected chi connectivity index (χ2v) is 6.30. The monoisotopic (exact) mass is 358 g/mol. The van der Waals surface area contributed by atoms with E-state index < -0.39 is 0 Å². The third-order valence-electron chi connectivity index (χ3n) is 3.59. The van der Waals surface area contributed by atoms with Crippen molar-refractivity contribution in [1.82, 2.24) is 9.80 Å². The van der Waals surface area contributed by atoms with E-state index in [4.69, 9.17) is 11.6 Å². The van der Waals surface area contributed by atoms with Gasteiger partial charge in [0.05, 0.1) is 6.42 Å². The van der Waals surface area contributed by atoms with Crippen molar-refractivity contribution >= 4 is 33.4 Å². The molecule has 0 atom stereocenters. The summed E-state index contributed by atoms with van der Waals surface area (Å²) in [4.78, 5) is 16.7. The number of carbonyl (C=O) groups is 1. The van der Waals surface area contributed by atoms with E-state index in [-0.39, 0.29) is 5.91 Å². The predicted molar refractivity (Wildman–Crippen MR) is 86.6 cm³/mol. The number of hydrogen-bond acceptors (Lipinski definition) is 2. The molecule has 1 amide bonds. The Balaban J connectivity index is 1.89. The topological polar surface area (TPSA) is 23.6 Å². The van der Waals surface area contributed by atoms with Gasteiger partial charge in [0.1, 0.15) is 0 Å². The third-order valence-corrected chi connectivity index (χ3v) is 4.18. The van der Waals surface area contributed by atoms with Crippen LogP contribution < -0.4 is 0 Å². The van der Waals surface area contributed by atoms with Crippen molar-refractivity contribution in [3.8, 4) is 0 Å². The van der Waals surface area contributed by atoms with Crippen LogP contribution >= 0.6 is 27.5 Å². The largest absolute Gasteiger partial charge is 0.341 e. The van der Waals surface area contributed by atoms with Crippen LogP contribution in [0.3, 0.4) is 0 Å². The van der Waals surface area contributed by atoms with Gasteiger partial charge in [0.2, 0.25) is 5.91 Å². The fourth-order valence-electron chi connectivity index (χ4n) is 2.50. The molecular formula is C15H20BrClN2O. The van der Waals surface area contributed by atoms with Crippen LogP contribution in [0, 0.1) is 0 Å². The number of nitrogens with zero attached hydrogens (tertiary/aromatic N) is 2. The van der Waals surface area contributed by atoms with E-state index in [9.17, 15) is 4.79 Å². The van der Waals surface area contributed by atoms with Gasteiger partial charge in [-0.1, -0.05) is 39.7 Å². The van der Waals surface area contributed by atoms with E-state index in [1.54, 1.807) is 0 Å². The minimum absolute atomic E-state index is 0.202. The van der Waals surface area contributed by atoms with Crippen LogP contribution in [0.1, 0.15) is 12.0 Å². The van der Waals surface area contributed by atoms with Crippen molar-refractivity contribution in [2.75, 3.05) is 38.1 Å². The number of hydrogen-bond donors (Lipinski definition) is 0. The van der Waals surface area contributed by atoms with Gasteiger partial charge < -0.3 is 9.80 Å². The van der Waals surface area contributed by atoms with Crippen LogP contribution in [0.4, 0.5) is 0 Å². The number of amides is 1. The molecule has 0 saturated carbocycles.